The minimum absolute atomic E-state index is 0.125. The van der Waals surface area contributed by atoms with Gasteiger partial charge in [-0.2, -0.15) is 0 Å². The number of rotatable bonds is 5. The molecule has 1 atom stereocenters. The first-order valence-corrected chi connectivity index (χ1v) is 8.19. The molecule has 0 saturated heterocycles. The quantitative estimate of drug-likeness (QED) is 0.735. The van der Waals surface area contributed by atoms with E-state index in [1.54, 1.807) is 6.07 Å². The summed E-state index contributed by atoms with van der Waals surface area (Å²) in [5.74, 6) is 0.553. The molecule has 2 aromatic rings. The maximum absolute atomic E-state index is 13.5. The Morgan fingerprint density at radius 2 is 1.86 bits per heavy atom. The molecule has 0 aliphatic carbocycles. The van der Waals surface area contributed by atoms with Gasteiger partial charge in [0, 0.05) is 8.95 Å². The van der Waals surface area contributed by atoms with Crippen LogP contribution in [0.25, 0.3) is 0 Å². The summed E-state index contributed by atoms with van der Waals surface area (Å²) in [4.78, 5) is 0. The summed E-state index contributed by atoms with van der Waals surface area (Å²) in [6, 6.07) is 10.4. The summed E-state index contributed by atoms with van der Waals surface area (Å²) in [6.07, 6.45) is 0. The highest BCUT2D eigenvalue weighted by Gasteiger charge is 2.18. The number of benzene rings is 2. The average molecular weight is 417 g/mol. The monoisotopic (exact) mass is 415 g/mol. The van der Waals surface area contributed by atoms with E-state index in [9.17, 15) is 4.39 Å². The van der Waals surface area contributed by atoms with Crippen molar-refractivity contribution in [2.45, 2.75) is 13.0 Å². The van der Waals surface area contributed by atoms with Crippen LogP contribution in [-0.2, 0) is 0 Å². The van der Waals surface area contributed by atoms with Crippen LogP contribution in [0.15, 0.2) is 45.3 Å². The Morgan fingerprint density at radius 3 is 2.48 bits per heavy atom. The Morgan fingerprint density at radius 1 is 1.10 bits per heavy atom. The molecule has 21 heavy (non-hydrogen) atoms. The van der Waals surface area contributed by atoms with E-state index < -0.39 is 0 Å². The Bertz CT molecular complexity index is 634. The Labute approximate surface area is 141 Å². The lowest BCUT2D eigenvalue weighted by molar-refractivity contribution is 0.340. The molecular weight excluding hydrogens is 401 g/mol. The van der Waals surface area contributed by atoms with Crippen LogP contribution >= 0.6 is 31.9 Å². The molecule has 5 heteroatoms. The van der Waals surface area contributed by atoms with Gasteiger partial charge in [0.1, 0.15) is 11.6 Å². The van der Waals surface area contributed by atoms with Gasteiger partial charge in [-0.25, -0.2) is 4.39 Å². The van der Waals surface area contributed by atoms with Gasteiger partial charge in [0.25, 0.3) is 0 Å². The van der Waals surface area contributed by atoms with Crippen molar-refractivity contribution in [3.05, 3.63) is 62.3 Å². The number of hydrogen-bond donors (Lipinski definition) is 1. The highest BCUT2D eigenvalue weighted by atomic mass is 79.9. The summed E-state index contributed by atoms with van der Waals surface area (Å²) in [6.45, 7) is 2.57. The smallest absolute Gasteiger partial charge is 0.123 e. The fourth-order valence-electron chi connectivity index (χ4n) is 2.21. The van der Waals surface area contributed by atoms with Crippen molar-refractivity contribution >= 4 is 31.9 Å². The van der Waals surface area contributed by atoms with E-state index in [2.05, 4.69) is 37.2 Å². The third-order valence-corrected chi connectivity index (χ3v) is 4.56. The minimum atomic E-state index is -0.254. The lowest BCUT2D eigenvalue weighted by Gasteiger charge is -2.20. The minimum Gasteiger partial charge on any atom is -0.494 e. The van der Waals surface area contributed by atoms with Crippen LogP contribution in [-0.4, -0.2) is 13.7 Å². The number of halogens is 3. The van der Waals surface area contributed by atoms with E-state index in [1.165, 1.54) is 12.1 Å². The predicted molar refractivity (Wildman–Crippen MR) is 90.3 cm³/mol. The van der Waals surface area contributed by atoms with E-state index >= 15 is 0 Å². The standard InChI is InChI=1S/C16H16Br2FNO/c1-3-21-11-5-6-12(15(18)9-11)16(20-2)13-8-10(19)4-7-14(13)17/h4-9,16,20H,3H2,1-2H3. The molecule has 0 amide bonds. The molecule has 0 aliphatic rings. The summed E-state index contributed by atoms with van der Waals surface area (Å²) in [5, 5.41) is 3.23. The fraction of sp³-hybridized carbons (Fsp3) is 0.250. The van der Waals surface area contributed by atoms with Crippen LogP contribution in [0.1, 0.15) is 24.1 Å². The second-order valence-corrected chi connectivity index (χ2v) is 6.21. The molecule has 2 aromatic carbocycles. The van der Waals surface area contributed by atoms with Crippen LogP contribution < -0.4 is 10.1 Å². The Kier molecular flexibility index (Phi) is 5.79. The zero-order valence-electron chi connectivity index (χ0n) is 11.8. The molecule has 2 rings (SSSR count). The molecule has 0 saturated carbocycles. The first-order chi connectivity index (χ1) is 10.1. The van der Waals surface area contributed by atoms with Crippen LogP contribution in [0.3, 0.4) is 0 Å². The summed E-state index contributed by atoms with van der Waals surface area (Å²) < 4.78 is 20.8. The largest absolute Gasteiger partial charge is 0.494 e. The number of ether oxygens (including phenoxy) is 1. The topological polar surface area (TPSA) is 21.3 Å². The molecule has 2 nitrogen and oxygen atoms in total. The molecule has 0 radical (unpaired) electrons. The highest BCUT2D eigenvalue weighted by Crippen LogP contribution is 2.34. The lowest BCUT2D eigenvalue weighted by atomic mass is 9.98. The van der Waals surface area contributed by atoms with Gasteiger partial charge < -0.3 is 10.1 Å². The van der Waals surface area contributed by atoms with Crippen molar-refractivity contribution in [1.82, 2.24) is 5.32 Å². The van der Waals surface area contributed by atoms with Crippen LogP contribution in [0.4, 0.5) is 4.39 Å². The normalized spacial score (nSPS) is 12.2. The van der Waals surface area contributed by atoms with Gasteiger partial charge in [0.05, 0.1) is 12.6 Å². The van der Waals surface area contributed by atoms with Gasteiger partial charge in [-0.1, -0.05) is 37.9 Å². The third-order valence-electron chi connectivity index (χ3n) is 3.15. The van der Waals surface area contributed by atoms with Crippen molar-refractivity contribution in [3.8, 4) is 5.75 Å². The second-order valence-electron chi connectivity index (χ2n) is 4.50. The molecular formula is C16H16Br2FNO. The van der Waals surface area contributed by atoms with Crippen LogP contribution in [0, 0.1) is 5.82 Å². The summed E-state index contributed by atoms with van der Waals surface area (Å²) in [7, 11) is 1.85. The molecule has 0 bridgehead atoms. The lowest BCUT2D eigenvalue weighted by Crippen LogP contribution is -2.19. The van der Waals surface area contributed by atoms with E-state index in [0.29, 0.717) is 6.61 Å². The molecule has 1 N–H and O–H groups in total. The molecule has 0 spiro atoms. The maximum atomic E-state index is 13.5. The van der Waals surface area contributed by atoms with E-state index in [-0.39, 0.29) is 11.9 Å². The first-order valence-electron chi connectivity index (χ1n) is 6.61. The zero-order valence-corrected chi connectivity index (χ0v) is 15.0. The van der Waals surface area contributed by atoms with E-state index in [0.717, 1.165) is 25.8 Å². The van der Waals surface area contributed by atoms with Crippen molar-refractivity contribution in [1.29, 1.82) is 0 Å². The number of hydrogen-bond acceptors (Lipinski definition) is 2. The van der Waals surface area contributed by atoms with E-state index in [4.69, 9.17) is 4.74 Å². The molecule has 0 heterocycles. The van der Waals surface area contributed by atoms with Gasteiger partial charge in [0.15, 0.2) is 0 Å². The van der Waals surface area contributed by atoms with E-state index in [1.807, 2.05) is 32.2 Å². The SMILES string of the molecule is CCOc1ccc(C(NC)c2cc(F)ccc2Br)c(Br)c1. The van der Waals surface area contributed by atoms with Crippen LogP contribution in [0.2, 0.25) is 0 Å². The van der Waals surface area contributed by atoms with Gasteiger partial charge in [-0.3, -0.25) is 0 Å². The predicted octanol–water partition coefficient (Wildman–Crippen LogP) is 5.06. The van der Waals surface area contributed by atoms with Gasteiger partial charge in [-0.05, 0) is 55.4 Å². The van der Waals surface area contributed by atoms with Crippen molar-refractivity contribution in [2.24, 2.45) is 0 Å². The van der Waals surface area contributed by atoms with Gasteiger partial charge >= 0.3 is 0 Å². The first kappa shape index (κ1) is 16.5. The number of nitrogens with one attached hydrogen (secondary N) is 1. The second kappa shape index (κ2) is 7.38. The highest BCUT2D eigenvalue weighted by molar-refractivity contribution is 9.10. The van der Waals surface area contributed by atoms with Crippen molar-refractivity contribution in [3.63, 3.8) is 0 Å². The molecule has 1 unspecified atom stereocenters. The van der Waals surface area contributed by atoms with Crippen molar-refractivity contribution in [2.75, 3.05) is 13.7 Å². The molecule has 0 fully saturated rings. The Balaban J connectivity index is 2.44. The Hall–Kier alpha value is -0.910. The van der Waals surface area contributed by atoms with Gasteiger partial charge in [0.2, 0.25) is 0 Å². The third kappa shape index (κ3) is 3.84. The van der Waals surface area contributed by atoms with Crippen molar-refractivity contribution < 1.29 is 9.13 Å². The zero-order chi connectivity index (χ0) is 15.4. The van der Waals surface area contributed by atoms with Gasteiger partial charge in [-0.15, -0.1) is 0 Å². The summed E-state index contributed by atoms with van der Waals surface area (Å²) >= 11 is 7.06. The maximum Gasteiger partial charge on any atom is 0.123 e. The fourth-order valence-corrected chi connectivity index (χ4v) is 3.28. The molecule has 0 aromatic heterocycles. The van der Waals surface area contributed by atoms with Crippen LogP contribution in [0.5, 0.6) is 5.75 Å². The molecule has 112 valence electrons. The molecule has 0 aliphatic heterocycles. The average Bonchev–Trinajstić information content (AvgIpc) is 2.46. The summed E-state index contributed by atoms with van der Waals surface area (Å²) in [5.41, 5.74) is 1.87.